The van der Waals surface area contributed by atoms with E-state index in [1.807, 2.05) is 3.28 Å². The molecule has 0 fully saturated rings. The van der Waals surface area contributed by atoms with Crippen LogP contribution in [0.1, 0.15) is 57.2 Å². The predicted octanol–water partition coefficient (Wildman–Crippen LogP) is 9.06. The topological polar surface area (TPSA) is 0 Å². The Balaban J connectivity index is 1.86. The number of benzene rings is 3. The van der Waals surface area contributed by atoms with Gasteiger partial charge in [0.05, 0.1) is 0 Å². The predicted molar refractivity (Wildman–Crippen MR) is 143 cm³/mol. The van der Waals surface area contributed by atoms with Gasteiger partial charge >= 0.3 is 208 Å². The third-order valence-electron chi connectivity index (χ3n) is 8.19. The van der Waals surface area contributed by atoms with E-state index < -0.39 is 25.8 Å². The zero-order chi connectivity index (χ0) is 23.4. The van der Waals surface area contributed by atoms with Crippen LogP contribution in [-0.2, 0) is 20.4 Å². The van der Waals surface area contributed by atoms with Crippen LogP contribution in [0.15, 0.2) is 94.6 Å². The van der Waals surface area contributed by atoms with E-state index in [-0.39, 0.29) is 0 Å². The number of fused-ring (bicyclic) bond motifs is 3. The molecule has 0 saturated heterocycles. The van der Waals surface area contributed by atoms with Crippen molar-refractivity contribution in [2.45, 2.75) is 57.3 Å². The molecule has 0 amide bonds. The normalized spacial score (nSPS) is 18.6. The first-order valence-corrected chi connectivity index (χ1v) is 21.0. The molecule has 0 N–H and O–H groups in total. The fourth-order valence-corrected chi connectivity index (χ4v) is 26.4. The molecule has 0 aromatic heterocycles. The van der Waals surface area contributed by atoms with Crippen molar-refractivity contribution in [1.29, 1.82) is 0 Å². The molecule has 5 rings (SSSR count). The van der Waals surface area contributed by atoms with E-state index in [1.54, 1.807) is 39.0 Å². The van der Waals surface area contributed by atoms with Gasteiger partial charge in [-0.25, -0.2) is 0 Å². The van der Waals surface area contributed by atoms with Crippen molar-refractivity contribution >= 4 is 19.5 Å². The Morgan fingerprint density at radius 1 is 0.667 bits per heavy atom. The molecule has 2 aliphatic rings. The molecule has 0 saturated carbocycles. The molecule has 0 bridgehead atoms. The minimum atomic E-state index is -2.08. The molecule has 3 aromatic carbocycles. The van der Waals surface area contributed by atoms with Crippen LogP contribution >= 0.6 is 0 Å². The third kappa shape index (κ3) is 3.57. The van der Waals surface area contributed by atoms with E-state index in [0.717, 1.165) is 3.63 Å². The third-order valence-corrected chi connectivity index (χ3v) is 26.9. The van der Waals surface area contributed by atoms with Gasteiger partial charge in [-0.1, -0.05) is 0 Å². The van der Waals surface area contributed by atoms with Gasteiger partial charge in [-0.2, -0.15) is 0 Å². The van der Waals surface area contributed by atoms with Crippen LogP contribution in [0.2, 0.25) is 16.7 Å². The van der Waals surface area contributed by atoms with Gasteiger partial charge in [-0.3, -0.25) is 0 Å². The summed E-state index contributed by atoms with van der Waals surface area (Å²) < 4.78 is 2.56. The summed E-state index contributed by atoms with van der Waals surface area (Å²) in [5.74, 6) is 0.398. The monoisotopic (exact) mass is 524 g/mol. The molecule has 2 heteroatoms. The van der Waals surface area contributed by atoms with Crippen molar-refractivity contribution in [3.05, 3.63) is 111 Å². The molecule has 2 aliphatic carbocycles. The Morgan fingerprint density at radius 3 is 1.91 bits per heavy atom. The van der Waals surface area contributed by atoms with Gasteiger partial charge < -0.3 is 0 Å². The Bertz CT molecular complexity index is 1390. The van der Waals surface area contributed by atoms with Crippen LogP contribution in [0.25, 0.3) is 14.1 Å². The van der Waals surface area contributed by atoms with E-state index in [9.17, 15) is 0 Å². The van der Waals surface area contributed by atoms with Crippen molar-refractivity contribution in [3.8, 4) is 0 Å². The van der Waals surface area contributed by atoms with Gasteiger partial charge in [0.15, 0.2) is 0 Å². The van der Waals surface area contributed by atoms with Crippen LogP contribution in [0.5, 0.6) is 0 Å². The molecule has 0 nitrogen and oxygen atoms in total. The van der Waals surface area contributed by atoms with E-state index in [1.165, 1.54) is 16.3 Å². The zero-order valence-corrected chi connectivity index (χ0v) is 24.5. The van der Waals surface area contributed by atoms with Crippen molar-refractivity contribution in [1.82, 2.24) is 0 Å². The van der Waals surface area contributed by atoms with Gasteiger partial charge in [0.1, 0.15) is 0 Å². The van der Waals surface area contributed by atoms with Crippen LogP contribution in [0, 0.1) is 0 Å². The second kappa shape index (κ2) is 8.79. The van der Waals surface area contributed by atoms with Crippen LogP contribution in [0.3, 0.4) is 0 Å². The summed E-state index contributed by atoms with van der Waals surface area (Å²) in [6.45, 7) is 17.3. The zero-order valence-electron chi connectivity index (χ0n) is 21.0. The maximum absolute atomic E-state index is 2.61. The van der Waals surface area contributed by atoms with E-state index in [0.29, 0.717) is 5.92 Å². The summed E-state index contributed by atoms with van der Waals surface area (Å²) in [5.41, 5.74) is 12.3. The van der Waals surface area contributed by atoms with E-state index in [4.69, 9.17) is 0 Å². The SMILES string of the molecule is CC1=C(C)[CH]([Zr]([C]2=C(C)C(c3ccccc3)c3ccc4ccccc4c32)=[Si](C)C)C(C)=C1C. The molecule has 0 spiro atoms. The van der Waals surface area contributed by atoms with E-state index >= 15 is 0 Å². The Labute approximate surface area is 207 Å². The Hall–Kier alpha value is -1.76. The molecular formula is C31H34SiZr. The van der Waals surface area contributed by atoms with Crippen molar-refractivity contribution < 1.29 is 20.4 Å². The van der Waals surface area contributed by atoms with Crippen molar-refractivity contribution in [3.63, 3.8) is 0 Å². The summed E-state index contributed by atoms with van der Waals surface area (Å²) in [4.78, 5) is 0. The standard InChI is InChI=1S/C20H15.C9H13.C2H6Si.Zr/c1-14-13-19-17-10-6-5-7-15(17)11-12-18(19)20(14)16-8-3-2-4-9-16;1-6-5-7(2)9(4)8(6)3;1-3-2;/h2-12,20H,1H3;5H,1-4H3;1-2H3;. The van der Waals surface area contributed by atoms with E-state index in [2.05, 4.69) is 114 Å². The summed E-state index contributed by atoms with van der Waals surface area (Å²) in [7, 11) is 0. The van der Waals surface area contributed by atoms with Gasteiger partial charge in [0.25, 0.3) is 0 Å². The molecule has 166 valence electrons. The number of hydrogen-bond acceptors (Lipinski definition) is 0. The summed E-state index contributed by atoms with van der Waals surface area (Å²) >= 11 is -2.08. The van der Waals surface area contributed by atoms with Crippen LogP contribution in [-0.4, -0.2) is 5.43 Å². The summed E-state index contributed by atoms with van der Waals surface area (Å²) in [6.07, 6.45) is 0. The van der Waals surface area contributed by atoms with Gasteiger partial charge in [0, 0.05) is 0 Å². The van der Waals surface area contributed by atoms with Gasteiger partial charge in [-0.05, 0) is 0 Å². The molecule has 1 unspecified atom stereocenters. The first kappa shape index (κ1) is 23.0. The van der Waals surface area contributed by atoms with Gasteiger partial charge in [-0.15, -0.1) is 0 Å². The second-order valence-corrected chi connectivity index (χ2v) is 27.4. The second-order valence-electron chi connectivity index (χ2n) is 10.1. The van der Waals surface area contributed by atoms with Gasteiger partial charge in [0.2, 0.25) is 0 Å². The molecule has 0 radical (unpaired) electrons. The maximum atomic E-state index is 2.61. The number of rotatable bonds is 3. The molecule has 33 heavy (non-hydrogen) atoms. The summed E-state index contributed by atoms with van der Waals surface area (Å²) in [5, 5.41) is 2.86. The average Bonchev–Trinajstić information content (AvgIpc) is 3.21. The average molecular weight is 526 g/mol. The fourth-order valence-electron chi connectivity index (χ4n) is 6.27. The molecule has 0 heterocycles. The Kier molecular flexibility index (Phi) is 6.13. The minimum absolute atomic E-state index is 0.398. The van der Waals surface area contributed by atoms with Crippen molar-refractivity contribution in [2.24, 2.45) is 0 Å². The molecular weight excluding hydrogens is 492 g/mol. The quantitative estimate of drug-likeness (QED) is 0.299. The first-order chi connectivity index (χ1) is 15.8. The number of allylic oxidation sites excluding steroid dienone is 5. The molecule has 3 aromatic rings. The van der Waals surface area contributed by atoms with Crippen molar-refractivity contribution in [2.75, 3.05) is 0 Å². The van der Waals surface area contributed by atoms with Crippen LogP contribution in [0.4, 0.5) is 0 Å². The molecule has 1 atom stereocenters. The fraction of sp³-hybridized carbons (Fsp3) is 0.290. The Morgan fingerprint density at radius 2 is 1.27 bits per heavy atom. The molecule has 0 aliphatic heterocycles. The van der Waals surface area contributed by atoms with Crippen LogP contribution < -0.4 is 0 Å². The number of hydrogen-bond donors (Lipinski definition) is 0. The summed E-state index contributed by atoms with van der Waals surface area (Å²) in [6, 6.07) is 25.1. The first-order valence-electron chi connectivity index (χ1n) is 12.1.